The third-order valence-electron chi connectivity index (χ3n) is 1.61. The molecule has 1 rings (SSSR count). The van der Waals surface area contributed by atoms with Gasteiger partial charge in [-0.05, 0) is 28.1 Å². The third-order valence-corrected chi connectivity index (χ3v) is 2.54. The molecule has 1 N–H and O–H groups in total. The molecule has 0 aromatic heterocycles. The average Bonchev–Trinajstić information content (AvgIpc) is 2.09. The van der Waals surface area contributed by atoms with Gasteiger partial charge in [0.2, 0.25) is 0 Å². The van der Waals surface area contributed by atoms with E-state index in [1.807, 2.05) is 0 Å². The zero-order valence-corrected chi connectivity index (χ0v) is 9.95. The quantitative estimate of drug-likeness (QED) is 0.856. The summed E-state index contributed by atoms with van der Waals surface area (Å²) >= 11 is 9.06. The van der Waals surface area contributed by atoms with Gasteiger partial charge in [-0.3, -0.25) is 0 Å². The molecule has 0 unspecified atom stereocenters. The van der Waals surface area contributed by atoms with Crippen LogP contribution < -0.4 is 5.32 Å². The van der Waals surface area contributed by atoms with E-state index >= 15 is 0 Å². The van der Waals surface area contributed by atoms with E-state index in [-0.39, 0.29) is 5.82 Å². The van der Waals surface area contributed by atoms with Gasteiger partial charge in [-0.25, -0.2) is 4.39 Å². The maximum absolute atomic E-state index is 12.8. The van der Waals surface area contributed by atoms with Crippen LogP contribution in [0.1, 0.15) is 0 Å². The number of hydrogen-bond donors (Lipinski definition) is 1. The monoisotopic (exact) mass is 281 g/mol. The fourth-order valence-corrected chi connectivity index (χ4v) is 1.95. The minimum Gasteiger partial charge on any atom is -0.383 e. The number of rotatable bonds is 4. The Morgan fingerprint density at radius 1 is 1.57 bits per heavy atom. The largest absolute Gasteiger partial charge is 0.383 e. The summed E-state index contributed by atoms with van der Waals surface area (Å²) in [5.74, 6) is -0.362. The molecular weight excluding hydrogens is 272 g/mol. The van der Waals surface area contributed by atoms with E-state index in [2.05, 4.69) is 21.2 Å². The second-order valence-electron chi connectivity index (χ2n) is 2.66. The van der Waals surface area contributed by atoms with Crippen molar-refractivity contribution < 1.29 is 9.13 Å². The maximum atomic E-state index is 12.8. The summed E-state index contributed by atoms with van der Waals surface area (Å²) in [6, 6.07) is 2.63. The summed E-state index contributed by atoms with van der Waals surface area (Å²) in [7, 11) is 1.61. The van der Waals surface area contributed by atoms with Gasteiger partial charge in [0.25, 0.3) is 0 Å². The lowest BCUT2D eigenvalue weighted by molar-refractivity contribution is 0.211. The van der Waals surface area contributed by atoms with E-state index in [9.17, 15) is 4.39 Å². The first kappa shape index (κ1) is 11.8. The van der Waals surface area contributed by atoms with Crippen molar-refractivity contribution in [1.29, 1.82) is 0 Å². The predicted octanol–water partition coefficient (Wildman–Crippen LogP) is 3.30. The van der Waals surface area contributed by atoms with Gasteiger partial charge in [0.05, 0.1) is 17.3 Å². The van der Waals surface area contributed by atoms with E-state index in [0.717, 1.165) is 0 Å². The summed E-state index contributed by atoms with van der Waals surface area (Å²) in [4.78, 5) is 0. The predicted molar refractivity (Wildman–Crippen MR) is 59.5 cm³/mol. The fourth-order valence-electron chi connectivity index (χ4n) is 0.989. The maximum Gasteiger partial charge on any atom is 0.125 e. The van der Waals surface area contributed by atoms with Gasteiger partial charge in [-0.1, -0.05) is 11.6 Å². The van der Waals surface area contributed by atoms with Gasteiger partial charge in [0.1, 0.15) is 5.82 Å². The van der Waals surface area contributed by atoms with E-state index in [0.29, 0.717) is 28.3 Å². The van der Waals surface area contributed by atoms with Crippen LogP contribution in [0, 0.1) is 5.82 Å². The SMILES string of the molecule is COCCNc1c(Cl)cc(F)cc1Br. The molecule has 1 aromatic carbocycles. The van der Waals surface area contributed by atoms with Gasteiger partial charge in [0.15, 0.2) is 0 Å². The molecule has 0 aliphatic carbocycles. The number of halogens is 3. The molecule has 0 heterocycles. The lowest BCUT2D eigenvalue weighted by atomic mass is 10.3. The van der Waals surface area contributed by atoms with E-state index in [4.69, 9.17) is 16.3 Å². The number of methoxy groups -OCH3 is 1. The third kappa shape index (κ3) is 3.12. The smallest absolute Gasteiger partial charge is 0.125 e. The number of benzene rings is 1. The molecule has 0 spiro atoms. The van der Waals surface area contributed by atoms with Crippen molar-refractivity contribution in [1.82, 2.24) is 0 Å². The molecule has 0 atom stereocenters. The lowest BCUT2D eigenvalue weighted by Crippen LogP contribution is -2.08. The highest BCUT2D eigenvalue weighted by Gasteiger charge is 2.06. The first-order chi connectivity index (χ1) is 6.65. The topological polar surface area (TPSA) is 21.3 Å². The second kappa shape index (κ2) is 5.53. The summed E-state index contributed by atoms with van der Waals surface area (Å²) < 4.78 is 18.3. The molecule has 0 aliphatic heterocycles. The van der Waals surface area contributed by atoms with Crippen molar-refractivity contribution in [2.24, 2.45) is 0 Å². The Labute approximate surface area is 95.5 Å². The van der Waals surface area contributed by atoms with Crippen LogP contribution in [0.25, 0.3) is 0 Å². The zero-order valence-electron chi connectivity index (χ0n) is 7.61. The number of nitrogens with one attached hydrogen (secondary N) is 1. The molecule has 0 fully saturated rings. The molecule has 5 heteroatoms. The number of hydrogen-bond acceptors (Lipinski definition) is 2. The Morgan fingerprint density at radius 2 is 2.29 bits per heavy atom. The second-order valence-corrected chi connectivity index (χ2v) is 3.93. The average molecular weight is 283 g/mol. The summed E-state index contributed by atoms with van der Waals surface area (Å²) in [6.45, 7) is 1.20. The van der Waals surface area contributed by atoms with Crippen LogP contribution in [0.3, 0.4) is 0 Å². The number of ether oxygens (including phenoxy) is 1. The molecule has 0 aliphatic rings. The standard InChI is InChI=1S/C9H10BrClFNO/c1-14-3-2-13-9-7(10)4-6(12)5-8(9)11/h4-5,13H,2-3H2,1H3. The highest BCUT2D eigenvalue weighted by atomic mass is 79.9. The van der Waals surface area contributed by atoms with Crippen molar-refractivity contribution in [2.75, 3.05) is 25.6 Å². The first-order valence-corrected chi connectivity index (χ1v) is 5.19. The molecule has 2 nitrogen and oxygen atoms in total. The van der Waals surface area contributed by atoms with Crippen LogP contribution >= 0.6 is 27.5 Å². The zero-order chi connectivity index (χ0) is 10.6. The summed E-state index contributed by atoms with van der Waals surface area (Å²) in [5, 5.41) is 3.39. The molecule has 0 radical (unpaired) electrons. The van der Waals surface area contributed by atoms with Gasteiger partial charge in [-0.2, -0.15) is 0 Å². The van der Waals surface area contributed by atoms with Crippen molar-refractivity contribution in [3.8, 4) is 0 Å². The van der Waals surface area contributed by atoms with Gasteiger partial charge in [0, 0.05) is 18.1 Å². The minimum atomic E-state index is -0.362. The lowest BCUT2D eigenvalue weighted by Gasteiger charge is -2.09. The van der Waals surface area contributed by atoms with E-state index in [1.54, 1.807) is 7.11 Å². The van der Waals surface area contributed by atoms with Crippen molar-refractivity contribution in [2.45, 2.75) is 0 Å². The van der Waals surface area contributed by atoms with E-state index < -0.39 is 0 Å². The van der Waals surface area contributed by atoms with Crippen LogP contribution in [0.2, 0.25) is 5.02 Å². The van der Waals surface area contributed by atoms with Crippen LogP contribution in [0.5, 0.6) is 0 Å². The molecule has 14 heavy (non-hydrogen) atoms. The highest BCUT2D eigenvalue weighted by Crippen LogP contribution is 2.31. The molecular formula is C9H10BrClFNO. The molecule has 0 saturated heterocycles. The van der Waals surface area contributed by atoms with Crippen molar-refractivity contribution >= 4 is 33.2 Å². The molecule has 0 amide bonds. The van der Waals surface area contributed by atoms with Crippen LogP contribution in [0.4, 0.5) is 10.1 Å². The van der Waals surface area contributed by atoms with Crippen molar-refractivity contribution in [3.63, 3.8) is 0 Å². The van der Waals surface area contributed by atoms with E-state index in [1.165, 1.54) is 12.1 Å². The van der Waals surface area contributed by atoms with Crippen LogP contribution in [-0.2, 0) is 4.74 Å². The summed E-state index contributed by atoms with van der Waals surface area (Å²) in [5.41, 5.74) is 0.685. The normalized spacial score (nSPS) is 10.3. The Bertz CT molecular complexity index is 299. The first-order valence-electron chi connectivity index (χ1n) is 4.02. The molecule has 78 valence electrons. The number of anilines is 1. The van der Waals surface area contributed by atoms with Gasteiger partial charge >= 0.3 is 0 Å². The highest BCUT2D eigenvalue weighted by molar-refractivity contribution is 9.10. The summed E-state index contributed by atoms with van der Waals surface area (Å²) in [6.07, 6.45) is 0. The molecule has 0 bridgehead atoms. The molecule has 0 saturated carbocycles. The Hall–Kier alpha value is -0.320. The van der Waals surface area contributed by atoms with Crippen LogP contribution in [0.15, 0.2) is 16.6 Å². The Balaban J connectivity index is 2.75. The van der Waals surface area contributed by atoms with Gasteiger partial charge < -0.3 is 10.1 Å². The Kier molecular flexibility index (Phi) is 4.65. The van der Waals surface area contributed by atoms with Crippen LogP contribution in [-0.4, -0.2) is 20.3 Å². The van der Waals surface area contributed by atoms with Gasteiger partial charge in [-0.15, -0.1) is 0 Å². The fraction of sp³-hybridized carbons (Fsp3) is 0.333. The van der Waals surface area contributed by atoms with Crippen molar-refractivity contribution in [3.05, 3.63) is 27.4 Å². The Morgan fingerprint density at radius 3 is 2.86 bits per heavy atom. The minimum absolute atomic E-state index is 0.355. The molecule has 1 aromatic rings.